The largest absolute Gasteiger partial charge is 0.347 e. The van der Waals surface area contributed by atoms with Gasteiger partial charge in [-0.1, -0.05) is 78.3 Å². The lowest BCUT2D eigenvalue weighted by Crippen LogP contribution is -2.25. The molecule has 28 heavy (non-hydrogen) atoms. The lowest BCUT2D eigenvalue weighted by Gasteiger charge is -2.09. The van der Waals surface area contributed by atoms with Crippen molar-refractivity contribution in [1.82, 2.24) is 15.1 Å². The average molecular weight is 388 g/mol. The van der Waals surface area contributed by atoms with Gasteiger partial charge in [-0.15, -0.1) is 0 Å². The summed E-state index contributed by atoms with van der Waals surface area (Å²) >= 11 is 6.15. The van der Waals surface area contributed by atoms with Gasteiger partial charge in [-0.05, 0) is 29.8 Å². The van der Waals surface area contributed by atoms with Crippen LogP contribution in [0.2, 0.25) is 5.02 Å². The predicted octanol–water partition coefficient (Wildman–Crippen LogP) is 5.12. The van der Waals surface area contributed by atoms with Crippen molar-refractivity contribution in [1.29, 1.82) is 0 Å². The summed E-state index contributed by atoms with van der Waals surface area (Å²) in [6, 6.07) is 28.7. The Bertz CT molecular complexity index is 1090. The lowest BCUT2D eigenvalue weighted by molar-refractivity contribution is 0.0943. The molecule has 4 rings (SSSR count). The number of rotatable bonds is 5. The summed E-state index contributed by atoms with van der Waals surface area (Å²) in [5.41, 5.74) is 3.90. The molecule has 0 fully saturated rings. The first-order chi connectivity index (χ1) is 13.7. The van der Waals surface area contributed by atoms with E-state index in [9.17, 15) is 4.79 Å². The van der Waals surface area contributed by atoms with Crippen molar-refractivity contribution in [2.24, 2.45) is 0 Å². The van der Waals surface area contributed by atoms with Crippen LogP contribution in [0.15, 0.2) is 91.0 Å². The lowest BCUT2D eigenvalue weighted by atomic mass is 10.1. The maximum atomic E-state index is 12.9. The second-order valence-corrected chi connectivity index (χ2v) is 6.78. The first-order valence-electron chi connectivity index (χ1n) is 8.94. The molecule has 0 aliphatic rings. The van der Waals surface area contributed by atoms with E-state index < -0.39 is 0 Å². The molecule has 4 aromatic rings. The van der Waals surface area contributed by atoms with Gasteiger partial charge in [0.25, 0.3) is 5.91 Å². The SMILES string of the molecule is O=C(NCc1ccccc1)c1cc(-c2ccccc2)nn1-c1cccc(Cl)c1. The van der Waals surface area contributed by atoms with Crippen molar-refractivity contribution in [3.63, 3.8) is 0 Å². The molecule has 0 atom stereocenters. The molecule has 0 aliphatic heterocycles. The maximum absolute atomic E-state index is 12.9. The Morgan fingerprint density at radius 2 is 1.61 bits per heavy atom. The van der Waals surface area contributed by atoms with E-state index in [1.54, 1.807) is 22.9 Å². The minimum absolute atomic E-state index is 0.196. The van der Waals surface area contributed by atoms with Crippen LogP contribution in [-0.4, -0.2) is 15.7 Å². The van der Waals surface area contributed by atoms with Crippen LogP contribution in [-0.2, 0) is 6.54 Å². The van der Waals surface area contributed by atoms with E-state index in [-0.39, 0.29) is 5.91 Å². The van der Waals surface area contributed by atoms with Gasteiger partial charge in [0, 0.05) is 17.1 Å². The van der Waals surface area contributed by atoms with Gasteiger partial charge in [-0.2, -0.15) is 5.10 Å². The quantitative estimate of drug-likeness (QED) is 0.516. The zero-order valence-corrected chi connectivity index (χ0v) is 15.8. The summed E-state index contributed by atoms with van der Waals surface area (Å²) in [6.45, 7) is 0.446. The first kappa shape index (κ1) is 18.0. The molecular weight excluding hydrogens is 370 g/mol. The van der Waals surface area contributed by atoms with Gasteiger partial charge in [0.15, 0.2) is 0 Å². The summed E-state index contributed by atoms with van der Waals surface area (Å²) in [5.74, 6) is -0.196. The highest BCUT2D eigenvalue weighted by molar-refractivity contribution is 6.30. The van der Waals surface area contributed by atoms with Crippen LogP contribution >= 0.6 is 11.6 Å². The molecule has 0 aliphatic carbocycles. The number of carbonyl (C=O) groups is 1. The van der Waals surface area contributed by atoms with Crippen LogP contribution in [0.4, 0.5) is 0 Å². The minimum Gasteiger partial charge on any atom is -0.347 e. The summed E-state index contributed by atoms with van der Waals surface area (Å²) < 4.78 is 1.63. The number of halogens is 1. The zero-order valence-electron chi connectivity index (χ0n) is 15.0. The summed E-state index contributed by atoms with van der Waals surface area (Å²) in [5, 5.41) is 8.22. The molecule has 1 aromatic heterocycles. The van der Waals surface area contributed by atoms with Crippen molar-refractivity contribution in [3.8, 4) is 16.9 Å². The number of nitrogens with zero attached hydrogens (tertiary/aromatic N) is 2. The van der Waals surface area contributed by atoms with Crippen molar-refractivity contribution in [2.75, 3.05) is 0 Å². The van der Waals surface area contributed by atoms with Gasteiger partial charge in [-0.25, -0.2) is 4.68 Å². The fourth-order valence-electron chi connectivity index (χ4n) is 2.97. The van der Waals surface area contributed by atoms with E-state index in [4.69, 9.17) is 11.6 Å². The van der Waals surface area contributed by atoms with Crippen LogP contribution in [0.3, 0.4) is 0 Å². The molecule has 0 bridgehead atoms. The van der Waals surface area contributed by atoms with Gasteiger partial charge in [-0.3, -0.25) is 4.79 Å². The fourth-order valence-corrected chi connectivity index (χ4v) is 3.15. The Morgan fingerprint density at radius 3 is 2.32 bits per heavy atom. The van der Waals surface area contributed by atoms with E-state index in [1.165, 1.54) is 0 Å². The van der Waals surface area contributed by atoms with Crippen LogP contribution < -0.4 is 5.32 Å². The van der Waals surface area contributed by atoms with Crippen molar-refractivity contribution in [2.45, 2.75) is 6.54 Å². The predicted molar refractivity (Wildman–Crippen MR) is 112 cm³/mol. The molecule has 1 amide bonds. The zero-order chi connectivity index (χ0) is 19.3. The molecule has 1 heterocycles. The number of hydrogen-bond acceptors (Lipinski definition) is 2. The van der Waals surface area contributed by atoms with Gasteiger partial charge in [0.05, 0.1) is 11.4 Å². The van der Waals surface area contributed by atoms with E-state index in [2.05, 4.69) is 10.4 Å². The molecule has 1 N–H and O–H groups in total. The minimum atomic E-state index is -0.196. The Morgan fingerprint density at radius 1 is 0.893 bits per heavy atom. The third-order valence-electron chi connectivity index (χ3n) is 4.36. The average Bonchev–Trinajstić information content (AvgIpc) is 3.19. The summed E-state index contributed by atoms with van der Waals surface area (Å²) in [7, 11) is 0. The molecule has 0 saturated heterocycles. The topological polar surface area (TPSA) is 46.9 Å². The first-order valence-corrected chi connectivity index (χ1v) is 9.32. The summed E-state index contributed by atoms with van der Waals surface area (Å²) in [4.78, 5) is 12.9. The fraction of sp³-hybridized carbons (Fsp3) is 0.0435. The molecule has 5 heteroatoms. The van der Waals surface area contributed by atoms with E-state index >= 15 is 0 Å². The molecule has 4 nitrogen and oxygen atoms in total. The molecule has 3 aromatic carbocycles. The second-order valence-electron chi connectivity index (χ2n) is 6.34. The number of hydrogen-bond donors (Lipinski definition) is 1. The normalized spacial score (nSPS) is 10.6. The van der Waals surface area contributed by atoms with Gasteiger partial charge in [0.1, 0.15) is 5.69 Å². The number of amides is 1. The van der Waals surface area contributed by atoms with Gasteiger partial charge < -0.3 is 5.32 Å². The standard InChI is InChI=1S/C23H18ClN3O/c24-19-12-7-13-20(14-19)27-22(15-21(26-27)18-10-5-2-6-11-18)23(28)25-16-17-8-3-1-4-9-17/h1-15H,16H2,(H,25,28). The highest BCUT2D eigenvalue weighted by Crippen LogP contribution is 2.23. The monoisotopic (exact) mass is 387 g/mol. The number of nitrogens with one attached hydrogen (secondary N) is 1. The Balaban J connectivity index is 1.70. The van der Waals surface area contributed by atoms with E-state index in [0.717, 1.165) is 22.5 Å². The van der Waals surface area contributed by atoms with Crippen LogP contribution in [0.1, 0.15) is 16.1 Å². The second kappa shape index (κ2) is 8.11. The van der Waals surface area contributed by atoms with Crippen molar-refractivity contribution >= 4 is 17.5 Å². The molecule has 0 spiro atoms. The third-order valence-corrected chi connectivity index (χ3v) is 4.60. The number of carbonyl (C=O) groups excluding carboxylic acids is 1. The molecule has 0 radical (unpaired) electrons. The number of aromatic nitrogens is 2. The smallest absolute Gasteiger partial charge is 0.270 e. The highest BCUT2D eigenvalue weighted by atomic mass is 35.5. The van der Waals surface area contributed by atoms with Crippen LogP contribution in [0.5, 0.6) is 0 Å². The van der Waals surface area contributed by atoms with Gasteiger partial charge >= 0.3 is 0 Å². The van der Waals surface area contributed by atoms with Crippen LogP contribution in [0.25, 0.3) is 16.9 Å². The maximum Gasteiger partial charge on any atom is 0.270 e. The van der Waals surface area contributed by atoms with E-state index in [0.29, 0.717) is 17.3 Å². The van der Waals surface area contributed by atoms with Gasteiger partial charge in [0.2, 0.25) is 0 Å². The molecule has 138 valence electrons. The molecule has 0 unspecified atom stereocenters. The summed E-state index contributed by atoms with van der Waals surface area (Å²) in [6.07, 6.45) is 0. The van der Waals surface area contributed by atoms with Crippen LogP contribution in [0, 0.1) is 0 Å². The van der Waals surface area contributed by atoms with E-state index in [1.807, 2.05) is 72.8 Å². The molecular formula is C23H18ClN3O. The third kappa shape index (κ3) is 3.97. The molecule has 0 saturated carbocycles. The Hall–Kier alpha value is -3.37. The highest BCUT2D eigenvalue weighted by Gasteiger charge is 2.17. The Kier molecular flexibility index (Phi) is 5.22. The van der Waals surface area contributed by atoms with Crippen molar-refractivity contribution < 1.29 is 4.79 Å². The van der Waals surface area contributed by atoms with Crippen molar-refractivity contribution in [3.05, 3.63) is 107 Å². The Labute approximate surface area is 168 Å². The number of benzene rings is 3.